The van der Waals surface area contributed by atoms with Crippen LogP contribution in [-0.4, -0.2) is 72.0 Å². The molecule has 4 heterocycles. The van der Waals surface area contributed by atoms with Crippen LogP contribution in [0.5, 0.6) is 5.75 Å². The number of benzene rings is 1. The van der Waals surface area contributed by atoms with E-state index in [9.17, 15) is 0 Å². The highest BCUT2D eigenvalue weighted by Crippen LogP contribution is 2.28. The van der Waals surface area contributed by atoms with Gasteiger partial charge in [-0.1, -0.05) is 12.1 Å². The van der Waals surface area contributed by atoms with Crippen molar-refractivity contribution in [3.8, 4) is 5.75 Å². The summed E-state index contributed by atoms with van der Waals surface area (Å²) in [5, 5.41) is 6.84. The maximum absolute atomic E-state index is 5.93. The molecule has 9 nitrogen and oxygen atoms in total. The van der Waals surface area contributed by atoms with Crippen LogP contribution in [0.15, 0.2) is 30.5 Å². The lowest BCUT2D eigenvalue weighted by Crippen LogP contribution is -2.42. The molecule has 0 unspecified atom stereocenters. The van der Waals surface area contributed by atoms with Crippen LogP contribution in [0.4, 0.5) is 11.8 Å². The molecule has 0 bridgehead atoms. The number of methoxy groups -OCH3 is 1. The number of hydrogen-bond acceptors (Lipinski definition) is 8. The van der Waals surface area contributed by atoms with Crippen molar-refractivity contribution in [2.75, 3.05) is 57.6 Å². The molecule has 0 radical (unpaired) electrons. The number of nitrogens with one attached hydrogen (secondary N) is 2. The second-order valence-electron chi connectivity index (χ2n) is 8.16. The second-order valence-corrected chi connectivity index (χ2v) is 8.16. The monoisotopic (exact) mass is 423 g/mol. The second kappa shape index (κ2) is 8.70. The van der Waals surface area contributed by atoms with Gasteiger partial charge in [-0.2, -0.15) is 4.98 Å². The number of ether oxygens (including phenoxy) is 2. The molecule has 0 saturated carbocycles. The Morgan fingerprint density at radius 2 is 2.03 bits per heavy atom. The lowest BCUT2D eigenvalue weighted by atomic mass is 10.1. The largest absolute Gasteiger partial charge is 0.496 e. The van der Waals surface area contributed by atoms with E-state index in [-0.39, 0.29) is 12.0 Å². The summed E-state index contributed by atoms with van der Waals surface area (Å²) >= 11 is 0. The van der Waals surface area contributed by atoms with Gasteiger partial charge >= 0.3 is 0 Å². The number of fused-ring (bicyclic) bond motifs is 1. The standard InChI is InChI=1S/C22H29N7O2/c1-30-19-10-15(11-28-8-5-24-6-9-28)2-3-16(19)12-29-7-4-18-20(29)21(27-22(23)26-18)25-17-13-31-14-17/h2-4,7,10,17,24H,5-6,8-9,11-14H2,1H3,(H3,23,25,26,27). The molecule has 2 saturated heterocycles. The average molecular weight is 424 g/mol. The first-order valence-corrected chi connectivity index (χ1v) is 10.7. The highest BCUT2D eigenvalue weighted by atomic mass is 16.5. The van der Waals surface area contributed by atoms with E-state index >= 15 is 0 Å². The molecule has 164 valence electrons. The van der Waals surface area contributed by atoms with E-state index in [1.54, 1.807) is 7.11 Å². The zero-order valence-corrected chi connectivity index (χ0v) is 17.8. The summed E-state index contributed by atoms with van der Waals surface area (Å²) in [6, 6.07) is 8.74. The van der Waals surface area contributed by atoms with Crippen LogP contribution in [-0.2, 0) is 17.8 Å². The number of aromatic nitrogens is 3. The predicted octanol–water partition coefficient (Wildman–Crippen LogP) is 1.29. The third-order valence-electron chi connectivity index (χ3n) is 5.91. The van der Waals surface area contributed by atoms with Crippen LogP contribution in [0.3, 0.4) is 0 Å². The Balaban J connectivity index is 1.41. The van der Waals surface area contributed by atoms with Crippen molar-refractivity contribution in [3.05, 3.63) is 41.6 Å². The molecule has 31 heavy (non-hydrogen) atoms. The number of nitrogens with two attached hydrogens (primary N) is 1. The van der Waals surface area contributed by atoms with Crippen molar-refractivity contribution in [1.29, 1.82) is 0 Å². The Bertz CT molecular complexity index is 1060. The molecule has 5 rings (SSSR count). The summed E-state index contributed by atoms with van der Waals surface area (Å²) in [4.78, 5) is 11.3. The third-order valence-corrected chi connectivity index (χ3v) is 5.91. The quantitative estimate of drug-likeness (QED) is 0.522. The number of piperazine rings is 1. The van der Waals surface area contributed by atoms with Gasteiger partial charge in [0, 0.05) is 44.5 Å². The highest BCUT2D eigenvalue weighted by Gasteiger charge is 2.21. The van der Waals surface area contributed by atoms with E-state index in [4.69, 9.17) is 15.2 Å². The topological polar surface area (TPSA) is 102 Å². The summed E-state index contributed by atoms with van der Waals surface area (Å²) in [6.45, 7) is 7.19. The van der Waals surface area contributed by atoms with Gasteiger partial charge in [0.1, 0.15) is 11.3 Å². The Hall–Kier alpha value is -2.88. The smallest absolute Gasteiger partial charge is 0.222 e. The molecular formula is C22H29N7O2. The van der Waals surface area contributed by atoms with Crippen molar-refractivity contribution in [3.63, 3.8) is 0 Å². The zero-order valence-electron chi connectivity index (χ0n) is 17.8. The minimum Gasteiger partial charge on any atom is -0.496 e. The van der Waals surface area contributed by atoms with E-state index < -0.39 is 0 Å². The molecule has 0 amide bonds. The van der Waals surface area contributed by atoms with Gasteiger partial charge in [0.05, 0.1) is 38.4 Å². The lowest BCUT2D eigenvalue weighted by Gasteiger charge is -2.28. The van der Waals surface area contributed by atoms with Gasteiger partial charge in [-0.3, -0.25) is 4.90 Å². The Labute approximate surface area is 181 Å². The van der Waals surface area contributed by atoms with Crippen LogP contribution in [0.2, 0.25) is 0 Å². The summed E-state index contributed by atoms with van der Waals surface area (Å²) in [5.41, 5.74) is 10.1. The summed E-state index contributed by atoms with van der Waals surface area (Å²) < 4.78 is 13.2. The zero-order chi connectivity index (χ0) is 21.2. The molecule has 1 aromatic carbocycles. The summed E-state index contributed by atoms with van der Waals surface area (Å²) in [5.74, 6) is 1.91. The van der Waals surface area contributed by atoms with Crippen molar-refractivity contribution < 1.29 is 9.47 Å². The fourth-order valence-electron chi connectivity index (χ4n) is 4.20. The minimum atomic E-state index is 0.250. The number of anilines is 2. The normalized spacial score (nSPS) is 17.6. The lowest BCUT2D eigenvalue weighted by molar-refractivity contribution is 0.0210. The van der Waals surface area contributed by atoms with Crippen LogP contribution >= 0.6 is 0 Å². The molecule has 0 atom stereocenters. The van der Waals surface area contributed by atoms with Crippen LogP contribution in [0.1, 0.15) is 11.1 Å². The molecule has 0 aliphatic carbocycles. The minimum absolute atomic E-state index is 0.250. The summed E-state index contributed by atoms with van der Waals surface area (Å²) in [6.07, 6.45) is 2.02. The molecular weight excluding hydrogens is 394 g/mol. The first-order chi connectivity index (χ1) is 15.2. The van der Waals surface area contributed by atoms with E-state index in [1.165, 1.54) is 5.56 Å². The first-order valence-electron chi connectivity index (χ1n) is 10.7. The Morgan fingerprint density at radius 3 is 2.77 bits per heavy atom. The molecule has 2 aliphatic heterocycles. The predicted molar refractivity (Wildman–Crippen MR) is 120 cm³/mol. The van der Waals surface area contributed by atoms with Gasteiger partial charge in [0.2, 0.25) is 5.95 Å². The fraction of sp³-hybridized carbons (Fsp3) is 0.455. The van der Waals surface area contributed by atoms with E-state index in [1.807, 2.05) is 12.3 Å². The molecule has 9 heteroatoms. The number of rotatable bonds is 7. The van der Waals surface area contributed by atoms with Crippen LogP contribution in [0.25, 0.3) is 11.0 Å². The third kappa shape index (κ3) is 4.30. The van der Waals surface area contributed by atoms with Crippen molar-refractivity contribution in [1.82, 2.24) is 24.8 Å². The van der Waals surface area contributed by atoms with E-state index in [0.717, 1.165) is 60.9 Å². The van der Waals surface area contributed by atoms with Gasteiger partial charge in [0.25, 0.3) is 0 Å². The van der Waals surface area contributed by atoms with Gasteiger partial charge in [-0.05, 0) is 17.7 Å². The fourth-order valence-corrected chi connectivity index (χ4v) is 4.20. The first kappa shape index (κ1) is 20.0. The van der Waals surface area contributed by atoms with Gasteiger partial charge in [-0.25, -0.2) is 4.98 Å². The molecule has 4 N–H and O–H groups in total. The molecule has 2 aromatic heterocycles. The van der Waals surface area contributed by atoms with Gasteiger partial charge < -0.3 is 30.4 Å². The van der Waals surface area contributed by atoms with Gasteiger partial charge in [-0.15, -0.1) is 0 Å². The number of nitrogens with zero attached hydrogens (tertiary/aromatic N) is 4. The highest BCUT2D eigenvalue weighted by molar-refractivity contribution is 5.87. The van der Waals surface area contributed by atoms with Crippen molar-refractivity contribution >= 4 is 22.8 Å². The molecule has 2 aliphatic rings. The average Bonchev–Trinajstić information content (AvgIpc) is 3.15. The van der Waals surface area contributed by atoms with Crippen molar-refractivity contribution in [2.24, 2.45) is 0 Å². The maximum atomic E-state index is 5.93. The van der Waals surface area contributed by atoms with Crippen molar-refractivity contribution in [2.45, 2.75) is 19.1 Å². The number of hydrogen-bond donors (Lipinski definition) is 3. The molecule has 2 fully saturated rings. The van der Waals surface area contributed by atoms with Gasteiger partial charge in [0.15, 0.2) is 5.82 Å². The Morgan fingerprint density at radius 1 is 1.19 bits per heavy atom. The van der Waals surface area contributed by atoms with E-state index in [0.29, 0.717) is 19.8 Å². The number of nitrogen functional groups attached to an aromatic ring is 1. The summed E-state index contributed by atoms with van der Waals surface area (Å²) in [7, 11) is 1.73. The van der Waals surface area contributed by atoms with Crippen LogP contribution < -0.4 is 21.1 Å². The molecule has 3 aromatic rings. The maximum Gasteiger partial charge on any atom is 0.222 e. The Kier molecular flexibility index (Phi) is 5.63. The molecule has 0 spiro atoms. The van der Waals surface area contributed by atoms with Crippen LogP contribution in [0, 0.1) is 0 Å². The van der Waals surface area contributed by atoms with E-state index in [2.05, 4.69) is 48.3 Å². The SMILES string of the molecule is COc1cc(CN2CCNCC2)ccc1Cn1ccc2nc(N)nc(NC3COC3)c21.